The Bertz CT molecular complexity index is 444. The summed E-state index contributed by atoms with van der Waals surface area (Å²) in [4.78, 5) is 22.1. The molecule has 1 aromatic carbocycles. The molecule has 0 aromatic heterocycles. The number of Topliss-reactive ketones (excluding diaryl/α,β-unsaturated/α-hetero) is 1. The molecule has 1 rings (SSSR count). The number of halogens is 2. The van der Waals surface area contributed by atoms with Gasteiger partial charge in [-0.15, -0.1) is 0 Å². The number of anilines is 1. The molecule has 16 heavy (non-hydrogen) atoms. The SMILES string of the molecule is CC(=O)CC(=O)Nc1c(Cl)ccc(C)c1Cl. The van der Waals surface area contributed by atoms with Gasteiger partial charge in [0.25, 0.3) is 0 Å². The summed E-state index contributed by atoms with van der Waals surface area (Å²) in [6.45, 7) is 3.15. The Hall–Kier alpha value is -1.06. The normalized spacial score (nSPS) is 10.0. The molecule has 0 fully saturated rings. The summed E-state index contributed by atoms with van der Waals surface area (Å²) in [5, 5.41) is 3.27. The summed E-state index contributed by atoms with van der Waals surface area (Å²) >= 11 is 11.9. The monoisotopic (exact) mass is 259 g/mol. The number of aryl methyl sites for hydroxylation is 1. The number of rotatable bonds is 3. The summed E-state index contributed by atoms with van der Waals surface area (Å²) in [5.41, 5.74) is 1.17. The predicted molar refractivity (Wildman–Crippen MR) is 65.1 cm³/mol. The zero-order valence-electron chi connectivity index (χ0n) is 8.93. The van der Waals surface area contributed by atoms with Gasteiger partial charge in [-0.3, -0.25) is 9.59 Å². The zero-order chi connectivity index (χ0) is 12.3. The highest BCUT2D eigenvalue weighted by atomic mass is 35.5. The molecule has 0 atom stereocenters. The van der Waals surface area contributed by atoms with Gasteiger partial charge in [0.05, 0.1) is 22.2 Å². The van der Waals surface area contributed by atoms with Crippen molar-refractivity contribution in [1.82, 2.24) is 0 Å². The van der Waals surface area contributed by atoms with Crippen LogP contribution in [0.15, 0.2) is 12.1 Å². The molecule has 0 heterocycles. The second kappa shape index (κ2) is 5.32. The molecule has 0 unspecified atom stereocenters. The number of carbonyl (C=O) groups is 2. The molecule has 0 aliphatic heterocycles. The van der Waals surface area contributed by atoms with Crippen LogP contribution in [0, 0.1) is 6.92 Å². The Morgan fingerprint density at radius 1 is 1.31 bits per heavy atom. The molecular formula is C11H11Cl2NO2. The van der Waals surface area contributed by atoms with Crippen LogP contribution in [0.2, 0.25) is 10.0 Å². The average Bonchev–Trinajstić information content (AvgIpc) is 2.17. The van der Waals surface area contributed by atoms with E-state index in [4.69, 9.17) is 23.2 Å². The highest BCUT2D eigenvalue weighted by molar-refractivity contribution is 6.40. The topological polar surface area (TPSA) is 46.2 Å². The Kier molecular flexibility index (Phi) is 4.33. The van der Waals surface area contributed by atoms with E-state index in [1.54, 1.807) is 19.1 Å². The first-order chi connectivity index (χ1) is 7.41. The van der Waals surface area contributed by atoms with Crippen molar-refractivity contribution in [3.8, 4) is 0 Å². The highest BCUT2D eigenvalue weighted by Crippen LogP contribution is 2.32. The van der Waals surface area contributed by atoms with Crippen molar-refractivity contribution >= 4 is 40.6 Å². The number of carbonyl (C=O) groups excluding carboxylic acids is 2. The summed E-state index contributed by atoms with van der Waals surface area (Å²) in [7, 11) is 0. The van der Waals surface area contributed by atoms with Crippen LogP contribution >= 0.6 is 23.2 Å². The Morgan fingerprint density at radius 2 is 1.94 bits per heavy atom. The molecule has 1 amide bonds. The maximum absolute atomic E-state index is 11.4. The Morgan fingerprint density at radius 3 is 2.50 bits per heavy atom. The van der Waals surface area contributed by atoms with Crippen molar-refractivity contribution in [3.05, 3.63) is 27.7 Å². The lowest BCUT2D eigenvalue weighted by Gasteiger charge is -2.10. The van der Waals surface area contributed by atoms with Crippen LogP contribution in [0.3, 0.4) is 0 Å². The highest BCUT2D eigenvalue weighted by Gasteiger charge is 2.12. The van der Waals surface area contributed by atoms with Crippen LogP contribution in [0.4, 0.5) is 5.69 Å². The number of amides is 1. The largest absolute Gasteiger partial charge is 0.323 e. The molecule has 5 heteroatoms. The van der Waals surface area contributed by atoms with E-state index >= 15 is 0 Å². The van der Waals surface area contributed by atoms with E-state index < -0.39 is 5.91 Å². The Labute approximate surface area is 104 Å². The van der Waals surface area contributed by atoms with Crippen LogP contribution in [0.5, 0.6) is 0 Å². The van der Waals surface area contributed by atoms with Crippen molar-refractivity contribution in [1.29, 1.82) is 0 Å². The van der Waals surface area contributed by atoms with E-state index in [1.807, 2.05) is 0 Å². The van der Waals surface area contributed by atoms with Crippen molar-refractivity contribution in [2.75, 3.05) is 5.32 Å². The van der Waals surface area contributed by atoms with Gasteiger partial charge in [-0.2, -0.15) is 0 Å². The number of hydrogen-bond donors (Lipinski definition) is 1. The number of hydrogen-bond acceptors (Lipinski definition) is 2. The zero-order valence-corrected chi connectivity index (χ0v) is 10.4. The molecular weight excluding hydrogens is 249 g/mol. The van der Waals surface area contributed by atoms with Crippen LogP contribution in [0.25, 0.3) is 0 Å². The van der Waals surface area contributed by atoms with Crippen LogP contribution in [-0.2, 0) is 9.59 Å². The van der Waals surface area contributed by atoms with Crippen LogP contribution in [0.1, 0.15) is 18.9 Å². The van der Waals surface area contributed by atoms with Crippen molar-refractivity contribution < 1.29 is 9.59 Å². The third-order valence-corrected chi connectivity index (χ3v) is 2.76. The van der Waals surface area contributed by atoms with Crippen molar-refractivity contribution in [2.45, 2.75) is 20.3 Å². The summed E-state index contributed by atoms with van der Waals surface area (Å²) in [5.74, 6) is -0.626. The molecule has 0 aliphatic carbocycles. The molecule has 0 spiro atoms. The molecule has 0 bridgehead atoms. The molecule has 0 aliphatic rings. The maximum Gasteiger partial charge on any atom is 0.231 e. The van der Waals surface area contributed by atoms with E-state index in [1.165, 1.54) is 6.92 Å². The first-order valence-corrected chi connectivity index (χ1v) is 5.41. The van der Waals surface area contributed by atoms with Gasteiger partial charge in [0.15, 0.2) is 0 Å². The molecule has 0 saturated heterocycles. The van der Waals surface area contributed by atoms with Crippen molar-refractivity contribution in [3.63, 3.8) is 0 Å². The number of ketones is 1. The lowest BCUT2D eigenvalue weighted by molar-refractivity contribution is -0.124. The molecule has 3 nitrogen and oxygen atoms in total. The minimum atomic E-state index is -0.415. The van der Waals surface area contributed by atoms with Crippen LogP contribution in [-0.4, -0.2) is 11.7 Å². The van der Waals surface area contributed by atoms with Crippen LogP contribution < -0.4 is 5.32 Å². The molecule has 0 saturated carbocycles. The fourth-order valence-corrected chi connectivity index (χ4v) is 1.65. The first kappa shape index (κ1) is 13.0. The van der Waals surface area contributed by atoms with Gasteiger partial charge in [0.2, 0.25) is 5.91 Å². The van der Waals surface area contributed by atoms with Gasteiger partial charge in [0.1, 0.15) is 5.78 Å². The molecule has 0 radical (unpaired) electrons. The third kappa shape index (κ3) is 3.22. The quantitative estimate of drug-likeness (QED) is 0.848. The average molecular weight is 260 g/mol. The van der Waals surface area contributed by atoms with E-state index in [2.05, 4.69) is 5.32 Å². The van der Waals surface area contributed by atoms with Gasteiger partial charge in [-0.1, -0.05) is 29.3 Å². The molecule has 1 aromatic rings. The third-order valence-electron chi connectivity index (χ3n) is 1.96. The second-order valence-corrected chi connectivity index (χ2v) is 4.27. The van der Waals surface area contributed by atoms with E-state index in [-0.39, 0.29) is 12.2 Å². The molecule has 86 valence electrons. The van der Waals surface area contributed by atoms with Gasteiger partial charge in [0, 0.05) is 0 Å². The van der Waals surface area contributed by atoms with Gasteiger partial charge in [-0.05, 0) is 25.5 Å². The number of nitrogens with one attached hydrogen (secondary N) is 1. The number of benzene rings is 1. The van der Waals surface area contributed by atoms with E-state index in [0.29, 0.717) is 15.7 Å². The van der Waals surface area contributed by atoms with Gasteiger partial charge in [-0.25, -0.2) is 0 Å². The summed E-state index contributed by atoms with van der Waals surface area (Å²) < 4.78 is 0. The fourth-order valence-electron chi connectivity index (χ4n) is 1.18. The summed E-state index contributed by atoms with van der Waals surface area (Å²) in [6, 6.07) is 3.40. The minimum absolute atomic E-state index is 0.180. The lowest BCUT2D eigenvalue weighted by atomic mass is 10.2. The lowest BCUT2D eigenvalue weighted by Crippen LogP contribution is -2.15. The smallest absolute Gasteiger partial charge is 0.231 e. The Balaban J connectivity index is 2.93. The van der Waals surface area contributed by atoms with Crippen molar-refractivity contribution in [2.24, 2.45) is 0 Å². The first-order valence-electron chi connectivity index (χ1n) is 4.65. The minimum Gasteiger partial charge on any atom is -0.323 e. The van der Waals surface area contributed by atoms with E-state index in [0.717, 1.165) is 5.56 Å². The van der Waals surface area contributed by atoms with E-state index in [9.17, 15) is 9.59 Å². The van der Waals surface area contributed by atoms with Gasteiger partial charge >= 0.3 is 0 Å². The molecule has 1 N–H and O–H groups in total. The second-order valence-electron chi connectivity index (χ2n) is 3.48. The predicted octanol–water partition coefficient (Wildman–Crippen LogP) is 3.22. The van der Waals surface area contributed by atoms with Gasteiger partial charge < -0.3 is 5.32 Å². The fraction of sp³-hybridized carbons (Fsp3) is 0.273. The summed E-state index contributed by atoms with van der Waals surface area (Å²) in [6.07, 6.45) is -0.180. The maximum atomic E-state index is 11.4. The standard InChI is InChI=1S/C11H11Cl2NO2/c1-6-3-4-8(12)11(10(6)13)14-9(16)5-7(2)15/h3-4H,5H2,1-2H3,(H,14,16).